The number of sulfonamides is 1. The molecule has 0 spiro atoms. The van der Waals surface area contributed by atoms with Gasteiger partial charge in [-0.1, -0.05) is 11.6 Å². The summed E-state index contributed by atoms with van der Waals surface area (Å²) in [6.45, 7) is 4.37. The molecule has 204 valence electrons. The molecule has 0 unspecified atom stereocenters. The molecule has 1 aromatic heterocycles. The third kappa shape index (κ3) is 5.20. The number of anilines is 2. The van der Waals surface area contributed by atoms with E-state index >= 15 is 0 Å². The Bertz CT molecular complexity index is 1400. The number of benzene rings is 2. The smallest absolute Gasteiger partial charge is 0.378 e. The predicted molar refractivity (Wildman–Crippen MR) is 136 cm³/mol. The standard InChI is InChI=1S/C24H26ClF3N6O3S/c1-17-14-32(22-4-2-19(33-16-29-15-30-33)12-20(22)24(26,27)28)6-7-34(17)38(35,36)23-5-3-18(13-21(23)25)31-8-10-37-11-9-31/h2-5,12-13,15-17H,6-11,14H2,1H3/t17-/m1/s1. The quantitative estimate of drug-likeness (QED) is 0.463. The lowest BCUT2D eigenvalue weighted by Gasteiger charge is -2.41. The van der Waals surface area contributed by atoms with Crippen molar-refractivity contribution in [2.24, 2.45) is 0 Å². The second-order valence-electron chi connectivity index (χ2n) is 9.16. The van der Waals surface area contributed by atoms with Crippen molar-refractivity contribution in [1.82, 2.24) is 19.1 Å². The van der Waals surface area contributed by atoms with Crippen LogP contribution in [0, 0.1) is 0 Å². The van der Waals surface area contributed by atoms with Crippen LogP contribution in [0.2, 0.25) is 5.02 Å². The molecule has 2 aromatic carbocycles. The largest absolute Gasteiger partial charge is 0.418 e. The Kier molecular flexibility index (Phi) is 7.29. The Hall–Kier alpha value is -2.87. The lowest BCUT2D eigenvalue weighted by molar-refractivity contribution is -0.137. The minimum atomic E-state index is -4.62. The zero-order valence-electron chi connectivity index (χ0n) is 20.5. The molecular weight excluding hydrogens is 545 g/mol. The molecule has 2 aliphatic heterocycles. The third-order valence-electron chi connectivity index (χ3n) is 6.75. The fourth-order valence-electron chi connectivity index (χ4n) is 4.87. The van der Waals surface area contributed by atoms with Gasteiger partial charge < -0.3 is 14.5 Å². The van der Waals surface area contributed by atoms with E-state index in [9.17, 15) is 21.6 Å². The summed E-state index contributed by atoms with van der Waals surface area (Å²) in [4.78, 5) is 7.39. The summed E-state index contributed by atoms with van der Waals surface area (Å²) in [6, 6.07) is 8.19. The van der Waals surface area contributed by atoms with Gasteiger partial charge in [-0.2, -0.15) is 22.6 Å². The molecule has 0 N–H and O–H groups in total. The van der Waals surface area contributed by atoms with E-state index in [0.29, 0.717) is 26.3 Å². The van der Waals surface area contributed by atoms with Gasteiger partial charge in [0.2, 0.25) is 10.0 Å². The summed E-state index contributed by atoms with van der Waals surface area (Å²) < 4.78 is 77.1. The van der Waals surface area contributed by atoms with Crippen LogP contribution in [0.1, 0.15) is 12.5 Å². The van der Waals surface area contributed by atoms with Gasteiger partial charge in [0.15, 0.2) is 0 Å². The molecule has 0 radical (unpaired) electrons. The maximum Gasteiger partial charge on any atom is 0.418 e. The van der Waals surface area contributed by atoms with Gasteiger partial charge in [0.1, 0.15) is 17.6 Å². The Labute approximate surface area is 223 Å². The van der Waals surface area contributed by atoms with Gasteiger partial charge in [-0.15, -0.1) is 0 Å². The van der Waals surface area contributed by atoms with Crippen molar-refractivity contribution < 1.29 is 26.3 Å². The number of alkyl halides is 3. The predicted octanol–water partition coefficient (Wildman–Crippen LogP) is 3.68. The van der Waals surface area contributed by atoms with Crippen LogP contribution in [0.15, 0.2) is 53.9 Å². The molecule has 14 heteroatoms. The summed E-state index contributed by atoms with van der Waals surface area (Å²) in [5.74, 6) is 0. The number of nitrogens with zero attached hydrogens (tertiary/aromatic N) is 6. The lowest BCUT2D eigenvalue weighted by Crippen LogP contribution is -2.54. The number of morpholine rings is 1. The van der Waals surface area contributed by atoms with Crippen LogP contribution < -0.4 is 9.80 Å². The van der Waals surface area contributed by atoms with Crippen molar-refractivity contribution in [3.63, 3.8) is 0 Å². The average Bonchev–Trinajstić information content (AvgIpc) is 3.43. The minimum Gasteiger partial charge on any atom is -0.378 e. The highest BCUT2D eigenvalue weighted by Gasteiger charge is 2.39. The van der Waals surface area contributed by atoms with Gasteiger partial charge in [-0.3, -0.25) is 0 Å². The molecule has 2 aliphatic rings. The van der Waals surface area contributed by atoms with Gasteiger partial charge in [-0.25, -0.2) is 18.1 Å². The fraction of sp³-hybridized carbons (Fsp3) is 0.417. The first kappa shape index (κ1) is 26.7. The SMILES string of the molecule is C[C@@H]1CN(c2ccc(-n3cncn3)cc2C(F)(F)F)CCN1S(=O)(=O)c1ccc(N2CCOCC2)cc1Cl. The topological polar surface area (TPSA) is 83.8 Å². The van der Waals surface area contributed by atoms with Gasteiger partial charge in [0.05, 0.1) is 29.5 Å². The molecule has 0 aliphatic carbocycles. The Morgan fingerprint density at radius 2 is 1.74 bits per heavy atom. The van der Waals surface area contributed by atoms with Crippen molar-refractivity contribution in [2.45, 2.75) is 24.0 Å². The van der Waals surface area contributed by atoms with Crippen molar-refractivity contribution in [1.29, 1.82) is 0 Å². The van der Waals surface area contributed by atoms with E-state index in [1.807, 2.05) is 0 Å². The molecule has 9 nitrogen and oxygen atoms in total. The monoisotopic (exact) mass is 570 g/mol. The molecule has 1 atom stereocenters. The normalized spacial score (nSPS) is 19.7. The van der Waals surface area contributed by atoms with Crippen LogP contribution in [0.3, 0.4) is 0 Å². The first-order valence-corrected chi connectivity index (χ1v) is 13.8. The fourth-order valence-corrected chi connectivity index (χ4v) is 7.00. The lowest BCUT2D eigenvalue weighted by atomic mass is 10.1. The minimum absolute atomic E-state index is 0.00711. The van der Waals surface area contributed by atoms with E-state index in [2.05, 4.69) is 15.0 Å². The van der Waals surface area contributed by atoms with E-state index in [-0.39, 0.29) is 40.9 Å². The molecule has 2 fully saturated rings. The van der Waals surface area contributed by atoms with Crippen LogP contribution in [-0.4, -0.2) is 79.5 Å². The summed E-state index contributed by atoms with van der Waals surface area (Å²) in [5, 5.41) is 4.00. The first-order valence-electron chi connectivity index (χ1n) is 12.0. The maximum atomic E-state index is 14.0. The maximum absolute atomic E-state index is 14.0. The number of rotatable bonds is 5. The number of halogens is 4. The number of hydrogen-bond donors (Lipinski definition) is 0. The summed E-state index contributed by atoms with van der Waals surface area (Å²) in [6.07, 6.45) is -2.06. The van der Waals surface area contributed by atoms with E-state index in [1.54, 1.807) is 24.0 Å². The van der Waals surface area contributed by atoms with Gasteiger partial charge in [-0.05, 0) is 43.3 Å². The van der Waals surface area contributed by atoms with Gasteiger partial charge in [0.25, 0.3) is 0 Å². The summed E-state index contributed by atoms with van der Waals surface area (Å²) >= 11 is 6.44. The van der Waals surface area contributed by atoms with Crippen LogP contribution in [0.25, 0.3) is 5.69 Å². The molecule has 3 aromatic rings. The molecule has 3 heterocycles. The van der Waals surface area contributed by atoms with E-state index in [1.165, 1.54) is 39.8 Å². The van der Waals surface area contributed by atoms with Gasteiger partial charge >= 0.3 is 6.18 Å². The van der Waals surface area contributed by atoms with Crippen molar-refractivity contribution in [3.05, 3.63) is 59.6 Å². The molecule has 0 saturated carbocycles. The molecular formula is C24H26ClF3N6O3S. The highest BCUT2D eigenvalue weighted by atomic mass is 35.5. The van der Waals surface area contributed by atoms with Crippen LogP contribution in [0.4, 0.5) is 24.5 Å². The highest BCUT2D eigenvalue weighted by molar-refractivity contribution is 7.89. The second-order valence-corrected chi connectivity index (χ2v) is 11.4. The van der Waals surface area contributed by atoms with Crippen LogP contribution in [-0.2, 0) is 20.9 Å². The number of hydrogen-bond acceptors (Lipinski definition) is 7. The molecule has 0 bridgehead atoms. The van der Waals surface area contributed by atoms with Crippen LogP contribution >= 0.6 is 11.6 Å². The number of aromatic nitrogens is 3. The van der Waals surface area contributed by atoms with Crippen LogP contribution in [0.5, 0.6) is 0 Å². The molecule has 5 rings (SSSR count). The Morgan fingerprint density at radius 1 is 1.00 bits per heavy atom. The van der Waals surface area contributed by atoms with Crippen molar-refractivity contribution in [3.8, 4) is 5.69 Å². The molecule has 38 heavy (non-hydrogen) atoms. The number of piperazine rings is 1. The third-order valence-corrected chi connectivity index (χ3v) is 9.25. The Morgan fingerprint density at radius 3 is 2.37 bits per heavy atom. The summed E-state index contributed by atoms with van der Waals surface area (Å²) in [7, 11) is -3.98. The van der Waals surface area contributed by atoms with E-state index in [0.717, 1.165) is 11.8 Å². The zero-order valence-corrected chi connectivity index (χ0v) is 22.0. The van der Waals surface area contributed by atoms with E-state index in [4.69, 9.17) is 16.3 Å². The van der Waals surface area contributed by atoms with E-state index < -0.39 is 27.8 Å². The average molecular weight is 571 g/mol. The first-order chi connectivity index (χ1) is 18.1. The molecule has 2 saturated heterocycles. The number of ether oxygens (including phenoxy) is 1. The summed E-state index contributed by atoms with van der Waals surface area (Å²) in [5.41, 5.74) is 0.195. The highest BCUT2D eigenvalue weighted by Crippen LogP contribution is 2.39. The Balaban J connectivity index is 1.37. The van der Waals surface area contributed by atoms with Crippen molar-refractivity contribution >= 4 is 33.0 Å². The zero-order chi connectivity index (χ0) is 27.1. The van der Waals surface area contributed by atoms with Gasteiger partial charge in [0, 0.05) is 50.1 Å². The molecule has 0 amide bonds. The van der Waals surface area contributed by atoms with Crippen molar-refractivity contribution in [2.75, 3.05) is 55.7 Å². The second kappa shape index (κ2) is 10.4.